The average molecular weight is 339 g/mol. The van der Waals surface area contributed by atoms with Gasteiger partial charge in [-0.05, 0) is 30.9 Å². The van der Waals surface area contributed by atoms with E-state index in [1.165, 1.54) is 12.8 Å². The number of hydrogen-bond donors (Lipinski definition) is 0. The summed E-state index contributed by atoms with van der Waals surface area (Å²) < 4.78 is 0. The summed E-state index contributed by atoms with van der Waals surface area (Å²) in [4.78, 5) is 23.8. The van der Waals surface area contributed by atoms with Gasteiger partial charge in [0, 0.05) is 50.0 Å². The molecule has 1 atom stereocenters. The van der Waals surface area contributed by atoms with Gasteiger partial charge < -0.3 is 4.90 Å². The van der Waals surface area contributed by atoms with Crippen molar-refractivity contribution in [1.29, 1.82) is 0 Å². The van der Waals surface area contributed by atoms with E-state index in [0.717, 1.165) is 37.4 Å². The van der Waals surface area contributed by atoms with Gasteiger partial charge in [0.2, 0.25) is 0 Å². The van der Waals surface area contributed by atoms with Crippen LogP contribution in [0.15, 0.2) is 42.9 Å². The molecule has 0 spiro atoms. The number of nitrogens with zero attached hydrogens (tertiary/aromatic N) is 5. The highest BCUT2D eigenvalue weighted by Gasteiger charge is 2.37. The Kier molecular flexibility index (Phi) is 4.31. The maximum atomic E-state index is 10.8. The summed E-state index contributed by atoms with van der Waals surface area (Å²) in [5.41, 5.74) is 1.26. The van der Waals surface area contributed by atoms with Gasteiger partial charge in [-0.3, -0.25) is 15.0 Å². The van der Waals surface area contributed by atoms with Gasteiger partial charge in [0.25, 0.3) is 5.69 Å². The molecule has 0 amide bonds. The van der Waals surface area contributed by atoms with Crippen LogP contribution in [-0.4, -0.2) is 45.0 Å². The Morgan fingerprint density at radius 2 is 1.96 bits per heavy atom. The van der Waals surface area contributed by atoms with Crippen molar-refractivity contribution in [3.05, 3.63) is 58.5 Å². The van der Waals surface area contributed by atoms with E-state index in [0.29, 0.717) is 12.1 Å². The number of aromatic nitrogens is 2. The largest absolute Gasteiger partial charge is 0.349 e. The molecule has 2 aliphatic rings. The summed E-state index contributed by atoms with van der Waals surface area (Å²) in [7, 11) is 0. The smallest absolute Gasteiger partial charge is 0.269 e. The zero-order valence-corrected chi connectivity index (χ0v) is 14.0. The molecule has 2 fully saturated rings. The van der Waals surface area contributed by atoms with Crippen molar-refractivity contribution in [2.45, 2.75) is 37.9 Å². The SMILES string of the molecule is O=[N+]([O-])c1ccc(CN2CCC(N(c3ccncn3)C3CC3)C2)cc1. The first-order valence-electron chi connectivity index (χ1n) is 8.71. The minimum Gasteiger partial charge on any atom is -0.349 e. The molecule has 1 aromatic carbocycles. The molecule has 1 aliphatic carbocycles. The third-order valence-corrected chi connectivity index (χ3v) is 4.97. The van der Waals surface area contributed by atoms with Crippen molar-refractivity contribution >= 4 is 11.5 Å². The normalized spacial score (nSPS) is 20.6. The molecule has 1 saturated carbocycles. The van der Waals surface area contributed by atoms with Crippen LogP contribution in [0.3, 0.4) is 0 Å². The minimum atomic E-state index is -0.356. The zero-order chi connectivity index (χ0) is 17.2. The number of likely N-dealkylation sites (tertiary alicyclic amines) is 1. The second kappa shape index (κ2) is 6.76. The van der Waals surface area contributed by atoms with E-state index in [1.807, 2.05) is 18.2 Å². The molecular formula is C18H21N5O2. The van der Waals surface area contributed by atoms with Crippen molar-refractivity contribution in [2.24, 2.45) is 0 Å². The van der Waals surface area contributed by atoms with E-state index >= 15 is 0 Å². The van der Waals surface area contributed by atoms with Crippen molar-refractivity contribution < 1.29 is 4.92 Å². The lowest BCUT2D eigenvalue weighted by atomic mass is 10.2. The van der Waals surface area contributed by atoms with Crippen molar-refractivity contribution in [3.63, 3.8) is 0 Å². The Balaban J connectivity index is 1.41. The Labute approximate surface area is 146 Å². The highest BCUT2D eigenvalue weighted by atomic mass is 16.6. The molecule has 2 heterocycles. The zero-order valence-electron chi connectivity index (χ0n) is 14.0. The fourth-order valence-electron chi connectivity index (χ4n) is 3.63. The first-order valence-corrected chi connectivity index (χ1v) is 8.71. The average Bonchev–Trinajstić information content (AvgIpc) is 3.36. The second-order valence-corrected chi connectivity index (χ2v) is 6.81. The van der Waals surface area contributed by atoms with E-state index < -0.39 is 0 Å². The molecule has 1 aliphatic heterocycles. The van der Waals surface area contributed by atoms with Crippen molar-refractivity contribution in [1.82, 2.24) is 14.9 Å². The first-order chi connectivity index (χ1) is 12.2. The molecule has 1 unspecified atom stereocenters. The van der Waals surface area contributed by atoms with Gasteiger partial charge in [-0.2, -0.15) is 0 Å². The van der Waals surface area contributed by atoms with Crippen LogP contribution < -0.4 is 4.90 Å². The molecular weight excluding hydrogens is 318 g/mol. The van der Waals surface area contributed by atoms with Gasteiger partial charge in [0.05, 0.1) is 4.92 Å². The number of nitro groups is 1. The Morgan fingerprint density at radius 1 is 1.16 bits per heavy atom. The van der Waals surface area contributed by atoms with Gasteiger partial charge in [-0.1, -0.05) is 12.1 Å². The molecule has 0 radical (unpaired) electrons. The molecule has 1 saturated heterocycles. The number of anilines is 1. The molecule has 7 nitrogen and oxygen atoms in total. The first kappa shape index (κ1) is 16.0. The van der Waals surface area contributed by atoms with E-state index in [1.54, 1.807) is 24.7 Å². The van der Waals surface area contributed by atoms with Crippen molar-refractivity contribution in [2.75, 3.05) is 18.0 Å². The highest BCUT2D eigenvalue weighted by molar-refractivity contribution is 5.42. The van der Waals surface area contributed by atoms with Gasteiger partial charge >= 0.3 is 0 Å². The summed E-state index contributed by atoms with van der Waals surface area (Å²) in [6.45, 7) is 2.87. The topological polar surface area (TPSA) is 75.4 Å². The molecule has 0 bridgehead atoms. The van der Waals surface area contributed by atoms with Crippen LogP contribution in [0.2, 0.25) is 0 Å². The Bertz CT molecular complexity index is 733. The minimum absolute atomic E-state index is 0.145. The van der Waals surface area contributed by atoms with Crippen LogP contribution in [0, 0.1) is 10.1 Å². The van der Waals surface area contributed by atoms with E-state index in [9.17, 15) is 10.1 Å². The predicted octanol–water partition coefficient (Wildman–Crippen LogP) is 2.63. The monoisotopic (exact) mass is 339 g/mol. The van der Waals surface area contributed by atoms with E-state index in [2.05, 4.69) is 19.8 Å². The van der Waals surface area contributed by atoms with Gasteiger partial charge in [-0.15, -0.1) is 0 Å². The van der Waals surface area contributed by atoms with E-state index in [4.69, 9.17) is 0 Å². The summed E-state index contributed by atoms with van der Waals surface area (Å²) in [5.74, 6) is 1.03. The van der Waals surface area contributed by atoms with Crippen LogP contribution in [0.5, 0.6) is 0 Å². The van der Waals surface area contributed by atoms with Gasteiger partial charge in [-0.25, -0.2) is 9.97 Å². The van der Waals surface area contributed by atoms with Crippen LogP contribution >= 0.6 is 0 Å². The molecule has 7 heteroatoms. The molecule has 0 N–H and O–H groups in total. The predicted molar refractivity (Wildman–Crippen MR) is 94.3 cm³/mol. The number of hydrogen-bond acceptors (Lipinski definition) is 6. The number of benzene rings is 1. The molecule has 4 rings (SSSR count). The summed E-state index contributed by atoms with van der Waals surface area (Å²) >= 11 is 0. The molecule has 130 valence electrons. The quantitative estimate of drug-likeness (QED) is 0.595. The Hall–Kier alpha value is -2.54. The van der Waals surface area contributed by atoms with Crippen LogP contribution in [0.25, 0.3) is 0 Å². The third kappa shape index (κ3) is 3.61. The lowest BCUT2D eigenvalue weighted by Gasteiger charge is -2.30. The fraction of sp³-hybridized carbons (Fsp3) is 0.444. The maximum absolute atomic E-state index is 10.8. The van der Waals surface area contributed by atoms with Gasteiger partial charge in [0.15, 0.2) is 0 Å². The summed E-state index contributed by atoms with van der Waals surface area (Å²) in [6, 6.07) is 9.96. The second-order valence-electron chi connectivity index (χ2n) is 6.81. The third-order valence-electron chi connectivity index (χ3n) is 4.97. The van der Waals surface area contributed by atoms with Gasteiger partial charge in [0.1, 0.15) is 12.1 Å². The summed E-state index contributed by atoms with van der Waals surface area (Å²) in [5, 5.41) is 10.8. The number of nitro benzene ring substituents is 1. The maximum Gasteiger partial charge on any atom is 0.269 e. The lowest BCUT2D eigenvalue weighted by molar-refractivity contribution is -0.384. The number of non-ortho nitro benzene ring substituents is 1. The lowest BCUT2D eigenvalue weighted by Crippen LogP contribution is -2.39. The standard InChI is InChI=1S/C18H21N5O2/c24-23(25)16-3-1-14(2-4-16)11-21-10-8-17(12-21)22(15-5-6-15)18-7-9-19-13-20-18/h1-4,7,9,13,15,17H,5-6,8,10-12H2. The van der Waals surface area contributed by atoms with Crippen LogP contribution in [-0.2, 0) is 6.54 Å². The molecule has 1 aromatic heterocycles. The number of rotatable bonds is 6. The molecule has 2 aromatic rings. The molecule has 25 heavy (non-hydrogen) atoms. The van der Waals surface area contributed by atoms with Crippen LogP contribution in [0.4, 0.5) is 11.5 Å². The van der Waals surface area contributed by atoms with E-state index in [-0.39, 0.29) is 10.6 Å². The summed E-state index contributed by atoms with van der Waals surface area (Å²) in [6.07, 6.45) is 7.02. The Morgan fingerprint density at radius 3 is 2.60 bits per heavy atom. The fourth-order valence-corrected chi connectivity index (χ4v) is 3.63. The van der Waals surface area contributed by atoms with Crippen molar-refractivity contribution in [3.8, 4) is 0 Å². The highest BCUT2D eigenvalue weighted by Crippen LogP contribution is 2.35. The van der Waals surface area contributed by atoms with Crippen LogP contribution in [0.1, 0.15) is 24.8 Å².